The van der Waals surface area contributed by atoms with Crippen LogP contribution in [-0.4, -0.2) is 27.2 Å². The summed E-state index contributed by atoms with van der Waals surface area (Å²) in [7, 11) is 2.00. The Balaban J connectivity index is 1.81. The third kappa shape index (κ3) is 3.23. The number of aromatic nitrogens is 2. The molecule has 6 nitrogen and oxygen atoms in total. The van der Waals surface area contributed by atoms with Crippen LogP contribution in [0.15, 0.2) is 48.5 Å². The summed E-state index contributed by atoms with van der Waals surface area (Å²) in [5.41, 5.74) is 3.55. The molecular formula is C18H20N4O2. The molecule has 1 amide bonds. The average molecular weight is 324 g/mol. The maximum Gasteiger partial charge on any atom is 0.250 e. The highest BCUT2D eigenvalue weighted by Gasteiger charge is 2.14. The fourth-order valence-corrected chi connectivity index (χ4v) is 2.75. The second-order valence-electron chi connectivity index (χ2n) is 5.67. The first-order valence-corrected chi connectivity index (χ1v) is 7.77. The van der Waals surface area contributed by atoms with Gasteiger partial charge in [0.15, 0.2) is 0 Å². The number of hydrogen-bond acceptors (Lipinski definition) is 4. The van der Waals surface area contributed by atoms with Crippen LogP contribution in [0.4, 0.5) is 11.4 Å². The molecule has 0 fully saturated rings. The summed E-state index contributed by atoms with van der Waals surface area (Å²) in [5.74, 6) is 0.497. The molecule has 0 saturated carbocycles. The number of aryl methyl sites for hydroxylation is 1. The van der Waals surface area contributed by atoms with Crippen LogP contribution in [0.25, 0.3) is 11.0 Å². The van der Waals surface area contributed by atoms with E-state index < -0.39 is 12.5 Å². The number of nitrogens with one attached hydrogen (secondary N) is 2. The van der Waals surface area contributed by atoms with Gasteiger partial charge in [-0.05, 0) is 37.3 Å². The number of para-hydroxylation sites is 2. The van der Waals surface area contributed by atoms with Crippen LogP contribution >= 0.6 is 0 Å². The van der Waals surface area contributed by atoms with Crippen molar-refractivity contribution in [1.29, 1.82) is 0 Å². The van der Waals surface area contributed by atoms with Gasteiger partial charge in [-0.15, -0.1) is 0 Å². The number of aliphatic hydroxyl groups excluding tert-OH is 1. The Morgan fingerprint density at radius 3 is 2.71 bits per heavy atom. The van der Waals surface area contributed by atoms with Crippen molar-refractivity contribution in [1.82, 2.24) is 9.55 Å². The fraction of sp³-hybridized carbons (Fsp3) is 0.222. The Bertz CT molecular complexity index is 872. The molecule has 24 heavy (non-hydrogen) atoms. The third-order valence-corrected chi connectivity index (χ3v) is 3.88. The van der Waals surface area contributed by atoms with E-state index in [1.807, 2.05) is 56.4 Å². The Labute approximate surface area is 140 Å². The molecule has 0 radical (unpaired) electrons. The smallest absolute Gasteiger partial charge is 0.250 e. The van der Waals surface area contributed by atoms with Crippen molar-refractivity contribution in [3.8, 4) is 0 Å². The number of hydrogen-bond donors (Lipinski definition) is 3. The molecule has 1 heterocycles. The van der Waals surface area contributed by atoms with Gasteiger partial charge in [0.05, 0.1) is 17.1 Å². The average Bonchev–Trinajstić information content (AvgIpc) is 2.92. The number of imidazole rings is 1. The quantitative estimate of drug-likeness (QED) is 0.674. The number of carbonyl (C=O) groups is 1. The summed E-state index contributed by atoms with van der Waals surface area (Å²) in [5, 5.41) is 14.8. The number of fused-ring (bicyclic) bond motifs is 1. The van der Waals surface area contributed by atoms with E-state index in [-0.39, 0.29) is 6.04 Å². The van der Waals surface area contributed by atoms with Crippen molar-refractivity contribution >= 4 is 28.3 Å². The lowest BCUT2D eigenvalue weighted by Gasteiger charge is -2.16. The largest absolute Gasteiger partial charge is 0.387 e. The van der Waals surface area contributed by atoms with Gasteiger partial charge in [0, 0.05) is 18.4 Å². The molecule has 0 spiro atoms. The lowest BCUT2D eigenvalue weighted by atomic mass is 10.2. The SMILES string of the molecule is CC(Nc1cccc(NC(=O)CO)c1)c1nc2ccccc2n1C. The van der Waals surface area contributed by atoms with Crippen molar-refractivity contribution in [3.63, 3.8) is 0 Å². The highest BCUT2D eigenvalue weighted by Crippen LogP contribution is 2.24. The lowest BCUT2D eigenvalue weighted by Crippen LogP contribution is -2.16. The molecule has 3 aromatic rings. The summed E-state index contributed by atoms with van der Waals surface area (Å²) in [6, 6.07) is 15.4. The zero-order valence-corrected chi connectivity index (χ0v) is 13.7. The number of benzene rings is 2. The monoisotopic (exact) mass is 324 g/mol. The van der Waals surface area contributed by atoms with Crippen LogP contribution < -0.4 is 10.6 Å². The zero-order chi connectivity index (χ0) is 17.1. The molecule has 0 aliphatic carbocycles. The molecule has 6 heteroatoms. The maximum atomic E-state index is 11.3. The highest BCUT2D eigenvalue weighted by molar-refractivity contribution is 5.92. The van der Waals surface area contributed by atoms with Gasteiger partial charge in [0.2, 0.25) is 5.91 Å². The molecule has 0 aliphatic heterocycles. The molecule has 0 aliphatic rings. The predicted octanol–water partition coefficient (Wildman–Crippen LogP) is 2.68. The lowest BCUT2D eigenvalue weighted by molar-refractivity contribution is -0.118. The molecule has 3 N–H and O–H groups in total. The number of anilines is 2. The second-order valence-corrected chi connectivity index (χ2v) is 5.67. The number of nitrogens with zero attached hydrogens (tertiary/aromatic N) is 2. The second kappa shape index (κ2) is 6.72. The van der Waals surface area contributed by atoms with Crippen LogP contribution in [0.1, 0.15) is 18.8 Å². The van der Waals surface area contributed by atoms with Gasteiger partial charge in [-0.3, -0.25) is 4.79 Å². The van der Waals surface area contributed by atoms with Crippen molar-refractivity contribution in [3.05, 3.63) is 54.4 Å². The van der Waals surface area contributed by atoms with Gasteiger partial charge in [-0.1, -0.05) is 18.2 Å². The Hall–Kier alpha value is -2.86. The summed E-state index contributed by atoms with van der Waals surface area (Å²) in [6.07, 6.45) is 0. The third-order valence-electron chi connectivity index (χ3n) is 3.88. The van der Waals surface area contributed by atoms with Crippen molar-refractivity contribution in [2.45, 2.75) is 13.0 Å². The van der Waals surface area contributed by atoms with Gasteiger partial charge in [-0.25, -0.2) is 4.98 Å². The normalized spacial score (nSPS) is 12.1. The highest BCUT2D eigenvalue weighted by atomic mass is 16.3. The van der Waals surface area contributed by atoms with Crippen LogP contribution in [0.3, 0.4) is 0 Å². The Kier molecular flexibility index (Phi) is 4.48. The van der Waals surface area contributed by atoms with Crippen molar-refractivity contribution in [2.75, 3.05) is 17.2 Å². The molecular weight excluding hydrogens is 304 g/mol. The Morgan fingerprint density at radius 1 is 1.21 bits per heavy atom. The topological polar surface area (TPSA) is 79.2 Å². The Morgan fingerprint density at radius 2 is 1.96 bits per heavy atom. The first kappa shape index (κ1) is 16.0. The van der Waals surface area contributed by atoms with E-state index in [0.29, 0.717) is 5.69 Å². The zero-order valence-electron chi connectivity index (χ0n) is 13.7. The number of carbonyl (C=O) groups excluding carboxylic acids is 1. The number of amides is 1. The molecule has 0 bridgehead atoms. The van der Waals surface area contributed by atoms with Gasteiger partial charge in [0.25, 0.3) is 0 Å². The molecule has 1 unspecified atom stereocenters. The van der Waals surface area contributed by atoms with E-state index in [4.69, 9.17) is 10.1 Å². The fourth-order valence-electron chi connectivity index (χ4n) is 2.75. The summed E-state index contributed by atoms with van der Waals surface area (Å²) in [6.45, 7) is 1.51. The number of aliphatic hydroxyl groups is 1. The first-order chi connectivity index (χ1) is 11.6. The van der Waals surface area contributed by atoms with E-state index in [0.717, 1.165) is 22.5 Å². The van der Waals surface area contributed by atoms with E-state index in [9.17, 15) is 4.79 Å². The van der Waals surface area contributed by atoms with E-state index in [1.165, 1.54) is 0 Å². The summed E-state index contributed by atoms with van der Waals surface area (Å²) in [4.78, 5) is 16.0. The van der Waals surface area contributed by atoms with E-state index in [1.54, 1.807) is 6.07 Å². The van der Waals surface area contributed by atoms with Gasteiger partial charge < -0.3 is 20.3 Å². The van der Waals surface area contributed by atoms with E-state index in [2.05, 4.69) is 15.2 Å². The van der Waals surface area contributed by atoms with Crippen molar-refractivity contribution in [2.24, 2.45) is 7.05 Å². The predicted molar refractivity (Wildman–Crippen MR) is 94.9 cm³/mol. The molecule has 1 aromatic heterocycles. The maximum absolute atomic E-state index is 11.3. The first-order valence-electron chi connectivity index (χ1n) is 7.77. The van der Waals surface area contributed by atoms with E-state index >= 15 is 0 Å². The van der Waals surface area contributed by atoms with Crippen LogP contribution in [0.5, 0.6) is 0 Å². The minimum Gasteiger partial charge on any atom is -0.387 e. The van der Waals surface area contributed by atoms with Crippen LogP contribution in [-0.2, 0) is 11.8 Å². The van der Waals surface area contributed by atoms with Gasteiger partial charge in [0.1, 0.15) is 12.4 Å². The number of rotatable bonds is 5. The minimum atomic E-state index is -0.534. The van der Waals surface area contributed by atoms with Crippen LogP contribution in [0, 0.1) is 0 Å². The van der Waals surface area contributed by atoms with Crippen LogP contribution in [0.2, 0.25) is 0 Å². The standard InChI is InChI=1S/C18H20N4O2/c1-12(18-21-15-8-3-4-9-16(15)22(18)2)19-13-6-5-7-14(10-13)20-17(24)11-23/h3-10,12,19,23H,11H2,1-2H3,(H,20,24). The molecule has 0 saturated heterocycles. The van der Waals surface area contributed by atoms with Gasteiger partial charge in [-0.2, -0.15) is 0 Å². The molecule has 3 rings (SSSR count). The molecule has 124 valence electrons. The molecule has 1 atom stereocenters. The minimum absolute atomic E-state index is 0.00815. The summed E-state index contributed by atoms with van der Waals surface area (Å²) >= 11 is 0. The van der Waals surface area contributed by atoms with Crippen molar-refractivity contribution < 1.29 is 9.90 Å². The molecule has 2 aromatic carbocycles. The summed E-state index contributed by atoms with van der Waals surface area (Å²) < 4.78 is 2.07. The van der Waals surface area contributed by atoms with Gasteiger partial charge >= 0.3 is 0 Å².